The van der Waals surface area contributed by atoms with Gasteiger partial charge in [-0.1, -0.05) is 12.1 Å². The number of nitrogens with one attached hydrogen (secondary N) is 2. The zero-order valence-corrected chi connectivity index (χ0v) is 16.1. The lowest BCUT2D eigenvalue weighted by Crippen LogP contribution is -2.33. The van der Waals surface area contributed by atoms with Gasteiger partial charge in [-0.2, -0.15) is 0 Å². The Bertz CT molecular complexity index is 1050. The molecule has 1 aromatic heterocycles. The van der Waals surface area contributed by atoms with Crippen LogP contribution in [0.15, 0.2) is 59.5 Å². The number of rotatable bonds is 7. The van der Waals surface area contributed by atoms with Crippen LogP contribution in [0.5, 0.6) is 5.75 Å². The van der Waals surface area contributed by atoms with Crippen molar-refractivity contribution in [2.75, 3.05) is 19.0 Å². The van der Waals surface area contributed by atoms with E-state index in [9.17, 15) is 14.9 Å². The number of aromatic nitrogens is 1. The molecule has 0 unspecified atom stereocenters. The molecule has 0 aliphatic rings. The van der Waals surface area contributed by atoms with Crippen LogP contribution in [0, 0.1) is 10.1 Å². The topological polar surface area (TPSA) is 120 Å². The Morgan fingerprint density at radius 3 is 2.83 bits per heavy atom. The Kier molecular flexibility index (Phi) is 6.15. The van der Waals surface area contributed by atoms with Crippen molar-refractivity contribution in [2.24, 2.45) is 0 Å². The van der Waals surface area contributed by atoms with Crippen LogP contribution in [0.3, 0.4) is 0 Å². The minimum atomic E-state index is -0.549. The molecule has 0 radical (unpaired) electrons. The molecule has 10 heteroatoms. The van der Waals surface area contributed by atoms with Gasteiger partial charge < -0.3 is 19.8 Å². The summed E-state index contributed by atoms with van der Waals surface area (Å²) >= 11 is 5.21. The van der Waals surface area contributed by atoms with Gasteiger partial charge in [0.15, 0.2) is 23.0 Å². The van der Waals surface area contributed by atoms with Crippen molar-refractivity contribution < 1.29 is 18.9 Å². The number of nitro benzene ring substituents is 1. The summed E-state index contributed by atoms with van der Waals surface area (Å²) in [4.78, 5) is 26.4. The molecule has 29 heavy (non-hydrogen) atoms. The molecule has 2 N–H and O–H groups in total. The molecule has 0 saturated carbocycles. The van der Waals surface area contributed by atoms with Gasteiger partial charge in [0, 0.05) is 29.4 Å². The quantitative estimate of drug-likeness (QED) is 0.260. The number of ketones is 1. The Hall–Kier alpha value is -3.79. The SMILES string of the molecule is COc1cc(NC(=S)NCC(=O)c2cccc([N+](=O)[O-])c2)ccc1-c1cnco1. The van der Waals surface area contributed by atoms with Crippen molar-refractivity contribution in [1.82, 2.24) is 10.3 Å². The third-order valence-electron chi connectivity index (χ3n) is 3.95. The van der Waals surface area contributed by atoms with Crippen LogP contribution in [0.25, 0.3) is 11.3 Å². The molecule has 0 aliphatic carbocycles. The molecular weight excluding hydrogens is 396 g/mol. The van der Waals surface area contributed by atoms with E-state index in [-0.39, 0.29) is 28.7 Å². The van der Waals surface area contributed by atoms with Crippen LogP contribution >= 0.6 is 12.2 Å². The average Bonchev–Trinajstić information content (AvgIpc) is 3.26. The van der Waals surface area contributed by atoms with E-state index < -0.39 is 4.92 Å². The van der Waals surface area contributed by atoms with E-state index in [4.69, 9.17) is 21.4 Å². The molecule has 0 spiro atoms. The summed E-state index contributed by atoms with van der Waals surface area (Å²) in [5.74, 6) is 0.801. The summed E-state index contributed by atoms with van der Waals surface area (Å²) in [6.07, 6.45) is 2.91. The predicted molar refractivity (Wildman–Crippen MR) is 110 cm³/mol. The van der Waals surface area contributed by atoms with Gasteiger partial charge in [0.25, 0.3) is 5.69 Å². The predicted octanol–water partition coefficient (Wildman–Crippen LogP) is 3.43. The number of hydrogen-bond donors (Lipinski definition) is 2. The first-order valence-electron chi connectivity index (χ1n) is 8.37. The van der Waals surface area contributed by atoms with Gasteiger partial charge >= 0.3 is 0 Å². The molecule has 0 saturated heterocycles. The molecule has 2 aromatic carbocycles. The van der Waals surface area contributed by atoms with Crippen LogP contribution < -0.4 is 15.4 Å². The number of thiocarbonyl (C=S) groups is 1. The highest BCUT2D eigenvalue weighted by Gasteiger charge is 2.13. The number of Topliss-reactive ketones (excluding diaryl/α,β-unsaturated/α-hetero) is 1. The van der Waals surface area contributed by atoms with Gasteiger partial charge in [-0.25, -0.2) is 4.98 Å². The van der Waals surface area contributed by atoms with Crippen molar-refractivity contribution in [2.45, 2.75) is 0 Å². The van der Waals surface area contributed by atoms with Crippen molar-refractivity contribution in [1.29, 1.82) is 0 Å². The van der Waals surface area contributed by atoms with Crippen molar-refractivity contribution in [3.05, 3.63) is 70.7 Å². The Morgan fingerprint density at radius 1 is 1.31 bits per heavy atom. The molecule has 0 bridgehead atoms. The normalized spacial score (nSPS) is 10.2. The fourth-order valence-corrected chi connectivity index (χ4v) is 2.74. The van der Waals surface area contributed by atoms with Gasteiger partial charge in [0.2, 0.25) is 0 Å². The molecule has 0 atom stereocenters. The zero-order valence-electron chi connectivity index (χ0n) is 15.2. The van der Waals surface area contributed by atoms with E-state index in [2.05, 4.69) is 15.6 Å². The number of nitrogens with zero attached hydrogens (tertiary/aromatic N) is 2. The summed E-state index contributed by atoms with van der Waals surface area (Å²) in [6.45, 7) is -0.111. The van der Waals surface area contributed by atoms with E-state index in [0.717, 1.165) is 5.56 Å². The molecule has 0 fully saturated rings. The second-order valence-electron chi connectivity index (χ2n) is 5.82. The van der Waals surface area contributed by atoms with Crippen LogP contribution in [0.2, 0.25) is 0 Å². The van der Waals surface area contributed by atoms with Gasteiger partial charge in [-0.3, -0.25) is 14.9 Å². The van der Waals surface area contributed by atoms with Crippen molar-refractivity contribution >= 4 is 34.5 Å². The molecule has 3 aromatic rings. The zero-order chi connectivity index (χ0) is 20.8. The van der Waals surface area contributed by atoms with Crippen LogP contribution in [0.4, 0.5) is 11.4 Å². The Morgan fingerprint density at radius 2 is 2.14 bits per heavy atom. The number of oxazole rings is 1. The van der Waals surface area contributed by atoms with Crippen molar-refractivity contribution in [3.63, 3.8) is 0 Å². The van der Waals surface area contributed by atoms with Crippen LogP contribution in [-0.4, -0.2) is 34.5 Å². The van der Waals surface area contributed by atoms with E-state index in [0.29, 0.717) is 17.2 Å². The first-order chi connectivity index (χ1) is 14.0. The van der Waals surface area contributed by atoms with E-state index >= 15 is 0 Å². The molecule has 1 heterocycles. The maximum absolute atomic E-state index is 12.2. The largest absolute Gasteiger partial charge is 0.496 e. The van der Waals surface area contributed by atoms with E-state index in [1.165, 1.54) is 37.8 Å². The second kappa shape index (κ2) is 8.93. The van der Waals surface area contributed by atoms with Crippen LogP contribution in [0.1, 0.15) is 10.4 Å². The lowest BCUT2D eigenvalue weighted by molar-refractivity contribution is -0.384. The molecule has 0 aliphatic heterocycles. The van der Waals surface area contributed by atoms with Gasteiger partial charge in [0.05, 0.1) is 30.3 Å². The maximum Gasteiger partial charge on any atom is 0.270 e. The summed E-state index contributed by atoms with van der Waals surface area (Å²) in [6, 6.07) is 10.8. The summed E-state index contributed by atoms with van der Waals surface area (Å²) in [5.41, 5.74) is 1.46. The van der Waals surface area contributed by atoms with Crippen molar-refractivity contribution in [3.8, 4) is 17.1 Å². The number of hydrogen-bond acceptors (Lipinski definition) is 7. The fraction of sp³-hybridized carbons (Fsp3) is 0.105. The summed E-state index contributed by atoms with van der Waals surface area (Å²) in [7, 11) is 1.53. The maximum atomic E-state index is 12.2. The lowest BCUT2D eigenvalue weighted by atomic mass is 10.1. The number of nitro groups is 1. The van der Waals surface area contributed by atoms with E-state index in [1.807, 2.05) is 0 Å². The summed E-state index contributed by atoms with van der Waals surface area (Å²) in [5, 5.41) is 16.8. The smallest absolute Gasteiger partial charge is 0.270 e. The van der Waals surface area contributed by atoms with E-state index in [1.54, 1.807) is 24.4 Å². The number of benzene rings is 2. The first kappa shape index (κ1) is 20.0. The highest BCUT2D eigenvalue weighted by atomic mass is 32.1. The Balaban J connectivity index is 1.61. The molecule has 3 rings (SSSR count). The average molecular weight is 412 g/mol. The third-order valence-corrected chi connectivity index (χ3v) is 4.19. The number of methoxy groups -OCH3 is 1. The minimum Gasteiger partial charge on any atom is -0.496 e. The minimum absolute atomic E-state index is 0.111. The molecule has 148 valence electrons. The highest BCUT2D eigenvalue weighted by molar-refractivity contribution is 7.80. The van der Waals surface area contributed by atoms with Crippen LogP contribution in [-0.2, 0) is 0 Å². The monoisotopic (exact) mass is 412 g/mol. The first-order valence-corrected chi connectivity index (χ1v) is 8.78. The van der Waals surface area contributed by atoms with Gasteiger partial charge in [0.1, 0.15) is 5.75 Å². The summed E-state index contributed by atoms with van der Waals surface area (Å²) < 4.78 is 10.7. The number of non-ortho nitro benzene ring substituents is 1. The lowest BCUT2D eigenvalue weighted by Gasteiger charge is -2.12. The standard InChI is InChI=1S/C19H16N4O5S/c1-27-17-8-13(5-6-15(17)18-10-20-11-28-18)22-19(29)21-9-16(24)12-3-2-4-14(7-12)23(25)26/h2-8,10-11H,9H2,1H3,(H2,21,22,29). The third kappa shape index (κ3) is 4.93. The molecule has 9 nitrogen and oxygen atoms in total. The Labute approximate surface area is 170 Å². The fourth-order valence-electron chi connectivity index (χ4n) is 2.55. The molecular formula is C19H16N4O5S. The number of anilines is 1. The van der Waals surface area contributed by atoms with Gasteiger partial charge in [-0.05, 0) is 24.4 Å². The number of ether oxygens (including phenoxy) is 1. The highest BCUT2D eigenvalue weighted by Crippen LogP contribution is 2.32. The second-order valence-corrected chi connectivity index (χ2v) is 6.23. The number of carbonyl (C=O) groups excluding carboxylic acids is 1. The van der Waals surface area contributed by atoms with Gasteiger partial charge in [-0.15, -0.1) is 0 Å². The number of carbonyl (C=O) groups is 1. The molecule has 0 amide bonds.